The van der Waals surface area contributed by atoms with Gasteiger partial charge >= 0.3 is 6.03 Å². The average molecular weight is 284 g/mol. The van der Waals surface area contributed by atoms with Gasteiger partial charge in [0.2, 0.25) is 0 Å². The zero-order valence-electron chi connectivity index (χ0n) is 12.2. The summed E-state index contributed by atoms with van der Waals surface area (Å²) in [6.45, 7) is 0.594. The molecule has 3 rings (SSSR count). The summed E-state index contributed by atoms with van der Waals surface area (Å²) in [7, 11) is 1.87. The number of rotatable bonds is 4. The average Bonchev–Trinajstić information content (AvgIpc) is 3.15. The lowest BCUT2D eigenvalue weighted by atomic mass is 10.1. The minimum absolute atomic E-state index is 0.0145. The van der Waals surface area contributed by atoms with Crippen LogP contribution in [0.25, 0.3) is 0 Å². The van der Waals surface area contributed by atoms with Gasteiger partial charge in [0.05, 0.1) is 6.26 Å². The Labute approximate surface area is 124 Å². The van der Waals surface area contributed by atoms with E-state index in [-0.39, 0.29) is 12.1 Å². The van der Waals surface area contributed by atoms with Gasteiger partial charge in [0.15, 0.2) is 0 Å². The first-order valence-electron chi connectivity index (χ1n) is 7.34. The SMILES string of the molecule is CN(C(=O)NCCc1ccco1)C1Cc2ccccc2C1. The third-order valence-electron chi connectivity index (χ3n) is 4.13. The van der Waals surface area contributed by atoms with Crippen molar-refractivity contribution in [3.8, 4) is 0 Å². The normalized spacial score (nSPS) is 14.0. The Balaban J connectivity index is 1.49. The maximum Gasteiger partial charge on any atom is 0.317 e. The third-order valence-corrected chi connectivity index (χ3v) is 4.13. The van der Waals surface area contributed by atoms with Gasteiger partial charge in [-0.3, -0.25) is 0 Å². The number of fused-ring (bicyclic) bond motifs is 1. The molecule has 2 amide bonds. The molecule has 0 aliphatic heterocycles. The largest absolute Gasteiger partial charge is 0.469 e. The highest BCUT2D eigenvalue weighted by molar-refractivity contribution is 5.74. The van der Waals surface area contributed by atoms with Crippen LogP contribution in [0.4, 0.5) is 4.79 Å². The van der Waals surface area contributed by atoms with Gasteiger partial charge in [-0.1, -0.05) is 24.3 Å². The van der Waals surface area contributed by atoms with E-state index in [0.717, 1.165) is 25.0 Å². The van der Waals surface area contributed by atoms with E-state index >= 15 is 0 Å². The zero-order chi connectivity index (χ0) is 14.7. The van der Waals surface area contributed by atoms with Crippen LogP contribution in [0.2, 0.25) is 0 Å². The van der Waals surface area contributed by atoms with Gasteiger partial charge in [-0.05, 0) is 36.1 Å². The van der Waals surface area contributed by atoms with E-state index in [9.17, 15) is 4.79 Å². The van der Waals surface area contributed by atoms with Crippen LogP contribution in [0.5, 0.6) is 0 Å². The molecule has 1 N–H and O–H groups in total. The molecule has 0 saturated carbocycles. The smallest absolute Gasteiger partial charge is 0.317 e. The Morgan fingerprint density at radius 2 is 1.95 bits per heavy atom. The number of furan rings is 1. The van der Waals surface area contributed by atoms with Crippen molar-refractivity contribution >= 4 is 6.03 Å². The van der Waals surface area contributed by atoms with Crippen LogP contribution in [-0.2, 0) is 19.3 Å². The number of hydrogen-bond acceptors (Lipinski definition) is 2. The Kier molecular flexibility index (Phi) is 3.95. The maximum atomic E-state index is 12.2. The van der Waals surface area contributed by atoms with Crippen molar-refractivity contribution in [1.82, 2.24) is 10.2 Å². The highest BCUT2D eigenvalue weighted by Gasteiger charge is 2.26. The van der Waals surface area contributed by atoms with Gasteiger partial charge in [-0.15, -0.1) is 0 Å². The number of hydrogen-bond donors (Lipinski definition) is 1. The summed E-state index contributed by atoms with van der Waals surface area (Å²) in [6.07, 6.45) is 4.26. The summed E-state index contributed by atoms with van der Waals surface area (Å²) in [6, 6.07) is 12.4. The number of likely N-dealkylation sites (N-methyl/N-ethyl adjacent to an activating group) is 1. The molecule has 1 aliphatic rings. The monoisotopic (exact) mass is 284 g/mol. The minimum Gasteiger partial charge on any atom is -0.469 e. The molecule has 4 heteroatoms. The molecule has 1 aliphatic carbocycles. The van der Waals surface area contributed by atoms with Crippen molar-refractivity contribution < 1.29 is 9.21 Å². The van der Waals surface area contributed by atoms with Crippen molar-refractivity contribution in [3.05, 3.63) is 59.5 Å². The van der Waals surface area contributed by atoms with E-state index < -0.39 is 0 Å². The van der Waals surface area contributed by atoms with Crippen molar-refractivity contribution in [2.24, 2.45) is 0 Å². The van der Waals surface area contributed by atoms with E-state index in [1.54, 1.807) is 6.26 Å². The van der Waals surface area contributed by atoms with Crippen molar-refractivity contribution in [2.45, 2.75) is 25.3 Å². The first-order valence-corrected chi connectivity index (χ1v) is 7.34. The lowest BCUT2D eigenvalue weighted by molar-refractivity contribution is 0.192. The van der Waals surface area contributed by atoms with E-state index in [4.69, 9.17) is 4.42 Å². The molecular formula is C17H20N2O2. The van der Waals surface area contributed by atoms with Crippen LogP contribution in [0.15, 0.2) is 47.1 Å². The molecule has 0 fully saturated rings. The predicted octanol–water partition coefficient (Wildman–Crippen LogP) is 2.63. The summed E-state index contributed by atoms with van der Waals surface area (Å²) >= 11 is 0. The first-order chi connectivity index (χ1) is 10.2. The summed E-state index contributed by atoms with van der Waals surface area (Å²) in [5, 5.41) is 2.95. The Morgan fingerprint density at radius 1 is 1.24 bits per heavy atom. The Hall–Kier alpha value is -2.23. The van der Waals surface area contributed by atoms with E-state index in [1.165, 1.54) is 11.1 Å². The molecule has 1 heterocycles. The summed E-state index contributed by atoms with van der Waals surface area (Å²) in [5.74, 6) is 0.895. The number of nitrogens with zero attached hydrogens (tertiary/aromatic N) is 1. The van der Waals surface area contributed by atoms with Crippen molar-refractivity contribution in [3.63, 3.8) is 0 Å². The van der Waals surface area contributed by atoms with Gasteiger partial charge in [0, 0.05) is 26.1 Å². The van der Waals surface area contributed by atoms with Crippen LogP contribution in [0.1, 0.15) is 16.9 Å². The summed E-state index contributed by atoms with van der Waals surface area (Å²) in [4.78, 5) is 14.0. The molecule has 0 unspecified atom stereocenters. The molecule has 0 spiro atoms. The van der Waals surface area contributed by atoms with Gasteiger partial charge in [-0.25, -0.2) is 4.79 Å². The van der Waals surface area contributed by atoms with Crippen molar-refractivity contribution in [2.75, 3.05) is 13.6 Å². The molecule has 0 atom stereocenters. The standard InChI is InChI=1S/C17H20N2O2/c1-19(15-11-13-5-2-3-6-14(13)12-15)17(20)18-9-8-16-7-4-10-21-16/h2-7,10,15H,8-9,11-12H2,1H3,(H,18,20). The molecular weight excluding hydrogens is 264 g/mol. The highest BCUT2D eigenvalue weighted by atomic mass is 16.3. The lowest BCUT2D eigenvalue weighted by Gasteiger charge is -2.24. The number of carbonyl (C=O) groups excluding carboxylic acids is 1. The topological polar surface area (TPSA) is 45.5 Å². The number of urea groups is 1. The van der Waals surface area contributed by atoms with Crippen LogP contribution in [0.3, 0.4) is 0 Å². The van der Waals surface area contributed by atoms with Crippen molar-refractivity contribution in [1.29, 1.82) is 0 Å². The van der Waals surface area contributed by atoms with Gasteiger partial charge < -0.3 is 14.6 Å². The first kappa shape index (κ1) is 13.7. The fraction of sp³-hybridized carbons (Fsp3) is 0.353. The quantitative estimate of drug-likeness (QED) is 0.938. The number of amides is 2. The van der Waals surface area contributed by atoms with Crippen LogP contribution in [0, 0.1) is 0 Å². The lowest BCUT2D eigenvalue weighted by Crippen LogP contribution is -2.44. The fourth-order valence-corrected chi connectivity index (χ4v) is 2.85. The van der Waals surface area contributed by atoms with Crippen LogP contribution >= 0.6 is 0 Å². The molecule has 2 aromatic rings. The van der Waals surface area contributed by atoms with E-state index in [0.29, 0.717) is 6.54 Å². The van der Waals surface area contributed by atoms with Crippen LogP contribution in [-0.4, -0.2) is 30.6 Å². The summed E-state index contributed by atoms with van der Waals surface area (Å²) < 4.78 is 5.25. The second-order valence-electron chi connectivity index (χ2n) is 5.50. The molecule has 21 heavy (non-hydrogen) atoms. The maximum absolute atomic E-state index is 12.2. The summed E-state index contributed by atoms with van der Waals surface area (Å²) in [5.41, 5.74) is 2.72. The Bertz CT molecular complexity index is 582. The number of nitrogens with one attached hydrogen (secondary N) is 1. The second-order valence-corrected chi connectivity index (χ2v) is 5.50. The second kappa shape index (κ2) is 6.04. The molecule has 0 radical (unpaired) electrons. The van der Waals surface area contributed by atoms with Gasteiger partial charge in [0.25, 0.3) is 0 Å². The molecule has 0 bridgehead atoms. The fourth-order valence-electron chi connectivity index (χ4n) is 2.85. The molecule has 110 valence electrons. The Morgan fingerprint density at radius 3 is 2.57 bits per heavy atom. The molecule has 4 nitrogen and oxygen atoms in total. The van der Waals surface area contributed by atoms with E-state index in [2.05, 4.69) is 29.6 Å². The predicted molar refractivity (Wildman–Crippen MR) is 81.2 cm³/mol. The number of benzene rings is 1. The van der Waals surface area contributed by atoms with Gasteiger partial charge in [-0.2, -0.15) is 0 Å². The minimum atomic E-state index is -0.0145. The third kappa shape index (κ3) is 3.10. The molecule has 0 saturated heterocycles. The molecule has 1 aromatic carbocycles. The van der Waals surface area contributed by atoms with Gasteiger partial charge in [0.1, 0.15) is 5.76 Å². The van der Waals surface area contributed by atoms with Crippen LogP contribution < -0.4 is 5.32 Å². The zero-order valence-corrected chi connectivity index (χ0v) is 12.2. The molecule has 1 aromatic heterocycles. The highest BCUT2D eigenvalue weighted by Crippen LogP contribution is 2.24. The number of carbonyl (C=O) groups is 1. The van der Waals surface area contributed by atoms with E-state index in [1.807, 2.05) is 24.1 Å².